The zero-order valence-electron chi connectivity index (χ0n) is 14.3. The summed E-state index contributed by atoms with van der Waals surface area (Å²) in [5.41, 5.74) is 5.15. The number of hydrogen-bond acceptors (Lipinski definition) is 4. The summed E-state index contributed by atoms with van der Waals surface area (Å²) in [7, 11) is 0. The highest BCUT2D eigenvalue weighted by atomic mass is 35.5. The van der Waals surface area contributed by atoms with Crippen molar-refractivity contribution in [1.82, 2.24) is 4.90 Å². The molecule has 0 aliphatic carbocycles. The van der Waals surface area contributed by atoms with Crippen LogP contribution < -0.4 is 5.73 Å². The lowest BCUT2D eigenvalue weighted by Gasteiger charge is -2.32. The van der Waals surface area contributed by atoms with E-state index < -0.39 is 17.0 Å². The van der Waals surface area contributed by atoms with Gasteiger partial charge in [0.2, 0.25) is 0 Å². The normalized spacial score (nSPS) is 22.2. The molecule has 1 heterocycles. The Morgan fingerprint density at radius 1 is 1.46 bits per heavy atom. The Balaban J connectivity index is 2.17. The van der Waals surface area contributed by atoms with Gasteiger partial charge >= 0.3 is 6.09 Å². The number of nitrogens with zero attached hydrogens (tertiary/aromatic N) is 1. The van der Waals surface area contributed by atoms with Gasteiger partial charge in [-0.3, -0.25) is 0 Å². The summed E-state index contributed by atoms with van der Waals surface area (Å²) in [6.07, 6.45) is 0.0605. The van der Waals surface area contributed by atoms with Gasteiger partial charge in [-0.2, -0.15) is 0 Å². The molecule has 1 aliphatic heterocycles. The summed E-state index contributed by atoms with van der Waals surface area (Å²) < 4.78 is 25.2. The van der Waals surface area contributed by atoms with E-state index in [4.69, 9.17) is 26.8 Å². The molecule has 1 aromatic rings. The van der Waals surface area contributed by atoms with Gasteiger partial charge in [0.05, 0.1) is 11.6 Å². The van der Waals surface area contributed by atoms with E-state index in [1.54, 1.807) is 11.0 Å². The number of rotatable bonds is 2. The summed E-state index contributed by atoms with van der Waals surface area (Å²) >= 11 is 5.75. The van der Waals surface area contributed by atoms with Gasteiger partial charge < -0.3 is 20.1 Å². The van der Waals surface area contributed by atoms with E-state index in [0.29, 0.717) is 31.7 Å². The molecule has 0 aromatic heterocycles. The van der Waals surface area contributed by atoms with Crippen LogP contribution in [0.4, 0.5) is 9.18 Å². The standard InChI is InChI=1S/C17H24ClFN2O3/c1-16(2,3)24-15(22)21-7-6-17(11-20,23-9-8-21)12-4-5-13(18)14(19)10-12/h4-5,10H,6-9,11,20H2,1-3H3/t17-/m1/s1. The van der Waals surface area contributed by atoms with Crippen molar-refractivity contribution < 1.29 is 18.7 Å². The Hall–Kier alpha value is -1.37. The molecule has 0 saturated carbocycles. The minimum Gasteiger partial charge on any atom is -0.444 e. The topological polar surface area (TPSA) is 64.8 Å². The van der Waals surface area contributed by atoms with Crippen LogP contribution in [0.15, 0.2) is 18.2 Å². The van der Waals surface area contributed by atoms with E-state index in [9.17, 15) is 9.18 Å². The lowest BCUT2D eigenvalue weighted by molar-refractivity contribution is -0.0364. The van der Waals surface area contributed by atoms with Gasteiger partial charge in [0, 0.05) is 19.6 Å². The first kappa shape index (κ1) is 19.0. The molecule has 1 aromatic carbocycles. The Bertz CT molecular complexity index is 606. The number of hydrogen-bond donors (Lipinski definition) is 1. The number of carbonyl (C=O) groups is 1. The molecular formula is C17H24ClFN2O3. The Labute approximate surface area is 146 Å². The number of amides is 1. The molecule has 7 heteroatoms. The maximum absolute atomic E-state index is 13.8. The molecule has 5 nitrogen and oxygen atoms in total. The molecule has 0 spiro atoms. The van der Waals surface area contributed by atoms with Crippen molar-refractivity contribution in [3.05, 3.63) is 34.6 Å². The van der Waals surface area contributed by atoms with Crippen LogP contribution >= 0.6 is 11.6 Å². The monoisotopic (exact) mass is 358 g/mol. The molecular weight excluding hydrogens is 335 g/mol. The molecule has 0 bridgehead atoms. The van der Waals surface area contributed by atoms with Crippen LogP contribution in [0, 0.1) is 5.82 Å². The van der Waals surface area contributed by atoms with Crippen LogP contribution in [-0.4, -0.2) is 42.8 Å². The second kappa shape index (κ2) is 7.25. The third-order valence-corrected chi connectivity index (χ3v) is 4.26. The Morgan fingerprint density at radius 2 is 2.17 bits per heavy atom. The summed E-state index contributed by atoms with van der Waals surface area (Å²) in [6.45, 7) is 6.74. The van der Waals surface area contributed by atoms with Crippen molar-refractivity contribution in [3.63, 3.8) is 0 Å². The number of nitrogens with two attached hydrogens (primary N) is 1. The molecule has 1 atom stereocenters. The average Bonchev–Trinajstić information content (AvgIpc) is 2.72. The summed E-state index contributed by atoms with van der Waals surface area (Å²) in [5.74, 6) is -0.515. The number of halogens is 2. The highest BCUT2D eigenvalue weighted by Crippen LogP contribution is 2.33. The number of ether oxygens (including phenoxy) is 2. The van der Waals surface area contributed by atoms with Crippen LogP contribution in [0.5, 0.6) is 0 Å². The van der Waals surface area contributed by atoms with Gasteiger partial charge in [-0.05, 0) is 44.9 Å². The van der Waals surface area contributed by atoms with E-state index in [-0.39, 0.29) is 17.7 Å². The molecule has 0 radical (unpaired) electrons. The second-order valence-electron chi connectivity index (χ2n) is 6.89. The van der Waals surface area contributed by atoms with Gasteiger partial charge in [-0.1, -0.05) is 17.7 Å². The van der Waals surface area contributed by atoms with E-state index in [0.717, 1.165) is 0 Å². The van der Waals surface area contributed by atoms with Crippen molar-refractivity contribution in [3.8, 4) is 0 Å². The Kier molecular flexibility index (Phi) is 5.73. The summed E-state index contributed by atoms with van der Waals surface area (Å²) in [5, 5.41) is 0.0509. The maximum atomic E-state index is 13.8. The largest absolute Gasteiger partial charge is 0.444 e. The van der Waals surface area contributed by atoms with E-state index in [2.05, 4.69) is 0 Å². The number of benzene rings is 1. The zero-order chi connectivity index (χ0) is 18.0. The molecule has 1 fully saturated rings. The first-order chi connectivity index (χ1) is 11.2. The zero-order valence-corrected chi connectivity index (χ0v) is 15.0. The van der Waals surface area contributed by atoms with Crippen LogP contribution in [0.25, 0.3) is 0 Å². The molecule has 134 valence electrons. The smallest absolute Gasteiger partial charge is 0.410 e. The Morgan fingerprint density at radius 3 is 2.75 bits per heavy atom. The first-order valence-corrected chi connectivity index (χ1v) is 8.32. The van der Waals surface area contributed by atoms with Gasteiger partial charge in [0.1, 0.15) is 17.0 Å². The van der Waals surface area contributed by atoms with Crippen molar-refractivity contribution >= 4 is 17.7 Å². The van der Waals surface area contributed by atoms with Crippen LogP contribution in [-0.2, 0) is 15.1 Å². The fourth-order valence-electron chi connectivity index (χ4n) is 2.65. The highest BCUT2D eigenvalue weighted by molar-refractivity contribution is 6.30. The van der Waals surface area contributed by atoms with Gasteiger partial charge in [0.25, 0.3) is 0 Å². The lowest BCUT2D eigenvalue weighted by Crippen LogP contribution is -2.40. The SMILES string of the molecule is CC(C)(C)OC(=O)N1CCO[C@](CN)(c2ccc(Cl)c(F)c2)CC1. The average molecular weight is 359 g/mol. The molecule has 1 aliphatic rings. The van der Waals surface area contributed by atoms with E-state index >= 15 is 0 Å². The molecule has 0 unspecified atom stereocenters. The number of carbonyl (C=O) groups excluding carboxylic acids is 1. The molecule has 24 heavy (non-hydrogen) atoms. The minimum atomic E-state index is -0.845. The highest BCUT2D eigenvalue weighted by Gasteiger charge is 2.36. The van der Waals surface area contributed by atoms with Crippen LogP contribution in [0.1, 0.15) is 32.8 Å². The van der Waals surface area contributed by atoms with Gasteiger partial charge in [-0.15, -0.1) is 0 Å². The van der Waals surface area contributed by atoms with Crippen molar-refractivity contribution in [1.29, 1.82) is 0 Å². The predicted octanol–water partition coefficient (Wildman–Crippen LogP) is 3.29. The van der Waals surface area contributed by atoms with Gasteiger partial charge in [-0.25, -0.2) is 9.18 Å². The predicted molar refractivity (Wildman–Crippen MR) is 90.5 cm³/mol. The van der Waals surface area contributed by atoms with Crippen LogP contribution in [0.2, 0.25) is 5.02 Å². The molecule has 1 amide bonds. The summed E-state index contributed by atoms with van der Waals surface area (Å²) in [6, 6.07) is 4.54. The lowest BCUT2D eigenvalue weighted by atomic mass is 9.90. The van der Waals surface area contributed by atoms with Crippen molar-refractivity contribution in [2.24, 2.45) is 5.73 Å². The first-order valence-electron chi connectivity index (χ1n) is 7.94. The quantitative estimate of drug-likeness (QED) is 0.881. The molecule has 1 saturated heterocycles. The second-order valence-corrected chi connectivity index (χ2v) is 7.30. The van der Waals surface area contributed by atoms with Crippen molar-refractivity contribution in [2.45, 2.75) is 38.4 Å². The molecule has 2 N–H and O–H groups in total. The maximum Gasteiger partial charge on any atom is 0.410 e. The van der Waals surface area contributed by atoms with Gasteiger partial charge in [0.15, 0.2) is 0 Å². The van der Waals surface area contributed by atoms with E-state index in [1.165, 1.54) is 12.1 Å². The third-order valence-electron chi connectivity index (χ3n) is 3.95. The summed E-state index contributed by atoms with van der Waals surface area (Å²) in [4.78, 5) is 13.8. The van der Waals surface area contributed by atoms with E-state index in [1.807, 2.05) is 20.8 Å². The molecule has 2 rings (SSSR count). The van der Waals surface area contributed by atoms with Crippen molar-refractivity contribution in [2.75, 3.05) is 26.2 Å². The fraction of sp³-hybridized carbons (Fsp3) is 0.588. The van der Waals surface area contributed by atoms with Crippen LogP contribution in [0.3, 0.4) is 0 Å². The minimum absolute atomic E-state index is 0.0509. The fourth-order valence-corrected chi connectivity index (χ4v) is 2.76. The third kappa shape index (κ3) is 4.37.